The molecule has 0 fully saturated rings. The van der Waals surface area contributed by atoms with E-state index in [9.17, 15) is 4.79 Å². The fourth-order valence-corrected chi connectivity index (χ4v) is 2.31. The maximum absolute atomic E-state index is 11.6. The van der Waals surface area contributed by atoms with Gasteiger partial charge in [-0.15, -0.1) is 0 Å². The van der Waals surface area contributed by atoms with Crippen LogP contribution in [-0.2, 0) is 4.79 Å². The molecule has 0 heterocycles. The number of amides is 1. The van der Waals surface area contributed by atoms with E-state index in [-0.39, 0.29) is 5.91 Å². The molecular formula is C18H22N2O. The molecule has 0 aliphatic rings. The lowest BCUT2D eigenvalue weighted by Gasteiger charge is -2.02. The van der Waals surface area contributed by atoms with E-state index >= 15 is 0 Å². The van der Waals surface area contributed by atoms with Gasteiger partial charge in [0.05, 0.1) is 6.21 Å². The summed E-state index contributed by atoms with van der Waals surface area (Å²) >= 11 is 0. The Labute approximate surface area is 126 Å². The van der Waals surface area contributed by atoms with Crippen molar-refractivity contribution in [1.29, 1.82) is 0 Å². The van der Waals surface area contributed by atoms with Gasteiger partial charge in [-0.25, -0.2) is 5.43 Å². The summed E-state index contributed by atoms with van der Waals surface area (Å²) in [6.45, 7) is 2.16. The minimum Gasteiger partial charge on any atom is -0.273 e. The van der Waals surface area contributed by atoms with Gasteiger partial charge in [0.1, 0.15) is 0 Å². The molecule has 0 atom stereocenters. The predicted octanol–water partition coefficient (Wildman–Crippen LogP) is 4.26. The first kappa shape index (κ1) is 15.2. The third-order valence-electron chi connectivity index (χ3n) is 3.47. The quantitative estimate of drug-likeness (QED) is 0.460. The highest BCUT2D eigenvalue weighted by Crippen LogP contribution is 2.16. The molecule has 2 rings (SSSR count). The van der Waals surface area contributed by atoms with Gasteiger partial charge in [0.2, 0.25) is 5.91 Å². The third kappa shape index (κ3) is 4.71. The number of rotatable bonds is 7. The Morgan fingerprint density at radius 3 is 2.76 bits per heavy atom. The molecule has 1 amide bonds. The number of hydrogen-bond donors (Lipinski definition) is 1. The van der Waals surface area contributed by atoms with Gasteiger partial charge in [0, 0.05) is 12.0 Å². The number of nitrogens with one attached hydrogen (secondary N) is 1. The van der Waals surface area contributed by atoms with Crippen LogP contribution in [0.4, 0.5) is 0 Å². The lowest BCUT2D eigenvalue weighted by molar-refractivity contribution is -0.121. The van der Waals surface area contributed by atoms with Crippen LogP contribution in [0.15, 0.2) is 47.6 Å². The first-order valence-corrected chi connectivity index (χ1v) is 7.61. The largest absolute Gasteiger partial charge is 0.273 e. The Hall–Kier alpha value is -2.16. The van der Waals surface area contributed by atoms with Crippen LogP contribution < -0.4 is 5.43 Å². The zero-order valence-electron chi connectivity index (χ0n) is 12.5. The maximum Gasteiger partial charge on any atom is 0.240 e. The standard InChI is InChI=1S/C18H22N2O/c1-2-3-4-5-13-18(21)20-19-14-16-11-8-10-15-9-6-7-12-17(15)16/h6-12,14H,2-5,13H2,1H3,(H,20,21). The van der Waals surface area contributed by atoms with Crippen LogP contribution in [0.2, 0.25) is 0 Å². The number of benzene rings is 2. The molecular weight excluding hydrogens is 260 g/mol. The fraction of sp³-hybridized carbons (Fsp3) is 0.333. The number of fused-ring (bicyclic) bond motifs is 1. The SMILES string of the molecule is CCCCCCC(=O)NN=Cc1cccc2ccccc12. The topological polar surface area (TPSA) is 41.5 Å². The summed E-state index contributed by atoms with van der Waals surface area (Å²) in [5.41, 5.74) is 3.62. The van der Waals surface area contributed by atoms with Gasteiger partial charge >= 0.3 is 0 Å². The van der Waals surface area contributed by atoms with Crippen LogP contribution in [-0.4, -0.2) is 12.1 Å². The van der Waals surface area contributed by atoms with Crippen LogP contribution in [0.25, 0.3) is 10.8 Å². The van der Waals surface area contributed by atoms with E-state index in [1.807, 2.05) is 24.3 Å². The molecule has 2 aromatic carbocycles. The van der Waals surface area contributed by atoms with Crippen LogP contribution in [0.5, 0.6) is 0 Å². The molecule has 0 saturated carbocycles. The minimum atomic E-state index is -0.0115. The van der Waals surface area contributed by atoms with Gasteiger partial charge in [-0.2, -0.15) is 5.10 Å². The minimum absolute atomic E-state index is 0.0115. The van der Waals surface area contributed by atoms with Crippen molar-refractivity contribution in [3.8, 4) is 0 Å². The summed E-state index contributed by atoms with van der Waals surface area (Å²) in [5, 5.41) is 6.38. The van der Waals surface area contributed by atoms with Crippen LogP contribution in [0.3, 0.4) is 0 Å². The van der Waals surface area contributed by atoms with E-state index < -0.39 is 0 Å². The average molecular weight is 282 g/mol. The highest BCUT2D eigenvalue weighted by atomic mass is 16.2. The van der Waals surface area contributed by atoms with Crippen LogP contribution in [0, 0.1) is 0 Å². The first-order valence-electron chi connectivity index (χ1n) is 7.61. The lowest BCUT2D eigenvalue weighted by atomic mass is 10.1. The van der Waals surface area contributed by atoms with Gasteiger partial charge in [0.15, 0.2) is 0 Å². The monoisotopic (exact) mass is 282 g/mol. The zero-order valence-corrected chi connectivity index (χ0v) is 12.5. The van der Waals surface area contributed by atoms with Gasteiger partial charge < -0.3 is 0 Å². The normalized spacial score (nSPS) is 11.1. The molecule has 0 aromatic heterocycles. The summed E-state index contributed by atoms with van der Waals surface area (Å²) < 4.78 is 0. The van der Waals surface area contributed by atoms with Crippen molar-refractivity contribution in [2.45, 2.75) is 39.0 Å². The third-order valence-corrected chi connectivity index (χ3v) is 3.47. The van der Waals surface area contributed by atoms with Gasteiger partial charge in [0.25, 0.3) is 0 Å². The zero-order chi connectivity index (χ0) is 14.9. The number of hydrogen-bond acceptors (Lipinski definition) is 2. The van der Waals surface area contributed by atoms with E-state index in [1.54, 1.807) is 6.21 Å². The Morgan fingerprint density at radius 2 is 1.90 bits per heavy atom. The number of carbonyl (C=O) groups excluding carboxylic acids is 1. The highest BCUT2D eigenvalue weighted by Gasteiger charge is 2.00. The van der Waals surface area contributed by atoms with Gasteiger partial charge in [-0.1, -0.05) is 68.7 Å². The fourth-order valence-electron chi connectivity index (χ4n) is 2.31. The van der Waals surface area contributed by atoms with Crippen molar-refractivity contribution in [3.63, 3.8) is 0 Å². The molecule has 0 unspecified atom stereocenters. The van der Waals surface area contributed by atoms with Crippen molar-refractivity contribution in [2.24, 2.45) is 5.10 Å². The number of unbranched alkanes of at least 4 members (excludes halogenated alkanes) is 3. The molecule has 1 N–H and O–H groups in total. The molecule has 0 aliphatic carbocycles. The predicted molar refractivity (Wildman–Crippen MR) is 88.4 cm³/mol. The van der Waals surface area contributed by atoms with E-state index in [4.69, 9.17) is 0 Å². The Balaban J connectivity index is 1.90. The van der Waals surface area contributed by atoms with Crippen molar-refractivity contribution in [2.75, 3.05) is 0 Å². The van der Waals surface area contributed by atoms with Crippen molar-refractivity contribution < 1.29 is 4.79 Å². The van der Waals surface area contributed by atoms with Crippen molar-refractivity contribution in [3.05, 3.63) is 48.0 Å². The van der Waals surface area contributed by atoms with Crippen molar-refractivity contribution >= 4 is 22.9 Å². The van der Waals surface area contributed by atoms with Crippen LogP contribution in [0.1, 0.15) is 44.6 Å². The molecule has 0 bridgehead atoms. The van der Waals surface area contributed by atoms with Gasteiger partial charge in [-0.05, 0) is 17.2 Å². The molecule has 0 saturated heterocycles. The summed E-state index contributed by atoms with van der Waals surface area (Å²) in [7, 11) is 0. The average Bonchev–Trinajstić information content (AvgIpc) is 2.52. The Kier molecular flexibility index (Phi) is 5.95. The maximum atomic E-state index is 11.6. The van der Waals surface area contributed by atoms with E-state index in [0.29, 0.717) is 6.42 Å². The molecule has 3 nitrogen and oxygen atoms in total. The molecule has 2 aromatic rings. The molecule has 0 radical (unpaired) electrons. The molecule has 0 aliphatic heterocycles. The molecule has 3 heteroatoms. The smallest absolute Gasteiger partial charge is 0.240 e. The van der Waals surface area contributed by atoms with Crippen molar-refractivity contribution in [1.82, 2.24) is 5.43 Å². The lowest BCUT2D eigenvalue weighted by Crippen LogP contribution is -2.16. The van der Waals surface area contributed by atoms with Gasteiger partial charge in [-0.3, -0.25) is 4.79 Å². The number of carbonyl (C=O) groups is 1. The van der Waals surface area contributed by atoms with E-state index in [0.717, 1.165) is 23.8 Å². The Bertz CT molecular complexity index is 614. The summed E-state index contributed by atoms with van der Waals surface area (Å²) in [5.74, 6) is -0.0115. The number of hydrazone groups is 1. The Morgan fingerprint density at radius 1 is 1.10 bits per heavy atom. The first-order chi connectivity index (χ1) is 10.3. The summed E-state index contributed by atoms with van der Waals surface area (Å²) in [4.78, 5) is 11.6. The van der Waals surface area contributed by atoms with E-state index in [1.165, 1.54) is 18.2 Å². The second kappa shape index (κ2) is 8.20. The molecule has 21 heavy (non-hydrogen) atoms. The summed E-state index contributed by atoms with van der Waals surface area (Å²) in [6.07, 6.45) is 6.67. The highest BCUT2D eigenvalue weighted by molar-refractivity contribution is 5.99. The molecule has 0 spiro atoms. The second-order valence-corrected chi connectivity index (χ2v) is 5.17. The molecule has 110 valence electrons. The summed E-state index contributed by atoms with van der Waals surface area (Å²) in [6, 6.07) is 14.2. The number of nitrogens with zero attached hydrogens (tertiary/aromatic N) is 1. The second-order valence-electron chi connectivity index (χ2n) is 5.17. The van der Waals surface area contributed by atoms with Crippen LogP contribution >= 0.6 is 0 Å². The van der Waals surface area contributed by atoms with E-state index in [2.05, 4.69) is 35.7 Å².